The summed E-state index contributed by atoms with van der Waals surface area (Å²) in [7, 11) is 1.60. The fraction of sp³-hybridized carbons (Fsp3) is 0.562. The summed E-state index contributed by atoms with van der Waals surface area (Å²) < 4.78 is 5.10. The van der Waals surface area contributed by atoms with Crippen LogP contribution >= 0.6 is 0 Å². The number of ether oxygens (including phenoxy) is 1. The first-order valence-electron chi connectivity index (χ1n) is 7.51. The first kappa shape index (κ1) is 16.4. The van der Waals surface area contributed by atoms with Crippen LogP contribution in [0.25, 0.3) is 0 Å². The van der Waals surface area contributed by atoms with Crippen LogP contribution in [0.3, 0.4) is 0 Å². The highest BCUT2D eigenvalue weighted by Crippen LogP contribution is 2.29. The first-order valence-corrected chi connectivity index (χ1v) is 7.51. The molecule has 1 fully saturated rings. The number of amides is 1. The van der Waals surface area contributed by atoms with Gasteiger partial charge in [-0.15, -0.1) is 0 Å². The van der Waals surface area contributed by atoms with Gasteiger partial charge in [0.15, 0.2) is 0 Å². The third-order valence-corrected chi connectivity index (χ3v) is 4.14. The Kier molecular flexibility index (Phi) is 5.49. The molecular weight excluding hydrogens is 284 g/mol. The molecule has 0 aromatic carbocycles. The van der Waals surface area contributed by atoms with Crippen LogP contribution in [0.1, 0.15) is 46.9 Å². The predicted octanol–water partition coefficient (Wildman–Crippen LogP) is 2.06. The van der Waals surface area contributed by atoms with E-state index in [-0.39, 0.29) is 17.5 Å². The van der Waals surface area contributed by atoms with E-state index in [0.717, 1.165) is 19.3 Å². The molecule has 120 valence electrons. The van der Waals surface area contributed by atoms with Crippen molar-refractivity contribution >= 4 is 11.9 Å². The number of aromatic nitrogens is 1. The number of nitrogens with zero attached hydrogens (tertiary/aromatic N) is 2. The molecule has 1 heterocycles. The van der Waals surface area contributed by atoms with Crippen molar-refractivity contribution in [2.45, 2.75) is 32.2 Å². The van der Waals surface area contributed by atoms with Crippen molar-refractivity contribution in [3.63, 3.8) is 0 Å². The fourth-order valence-electron chi connectivity index (χ4n) is 2.94. The van der Waals surface area contributed by atoms with E-state index in [2.05, 4.69) is 11.9 Å². The Hall–Kier alpha value is -1.95. The van der Waals surface area contributed by atoms with Crippen molar-refractivity contribution in [2.75, 3.05) is 20.3 Å². The summed E-state index contributed by atoms with van der Waals surface area (Å²) in [5, 5.41) is 9.03. The van der Waals surface area contributed by atoms with Crippen molar-refractivity contribution in [1.29, 1.82) is 0 Å². The van der Waals surface area contributed by atoms with E-state index in [4.69, 9.17) is 9.84 Å². The first-order chi connectivity index (χ1) is 10.5. The van der Waals surface area contributed by atoms with Crippen LogP contribution < -0.4 is 0 Å². The van der Waals surface area contributed by atoms with Gasteiger partial charge >= 0.3 is 5.97 Å². The lowest BCUT2D eigenvalue weighted by molar-refractivity contribution is 0.0602. The number of aromatic carboxylic acids is 1. The molecule has 2 unspecified atom stereocenters. The maximum Gasteiger partial charge on any atom is 0.337 e. The maximum atomic E-state index is 12.8. The second-order valence-electron chi connectivity index (χ2n) is 5.83. The molecule has 0 bridgehead atoms. The molecule has 1 aliphatic rings. The summed E-state index contributed by atoms with van der Waals surface area (Å²) in [6, 6.07) is 1.57. The molecule has 1 saturated carbocycles. The Balaban J connectivity index is 2.20. The predicted molar refractivity (Wildman–Crippen MR) is 80.9 cm³/mol. The minimum Gasteiger partial charge on any atom is -0.478 e. The van der Waals surface area contributed by atoms with Crippen molar-refractivity contribution in [2.24, 2.45) is 5.92 Å². The largest absolute Gasteiger partial charge is 0.478 e. The summed E-state index contributed by atoms with van der Waals surface area (Å²) in [6.07, 6.45) is 5.72. The Bertz CT molecular complexity index is 547. The van der Waals surface area contributed by atoms with Crippen LogP contribution in [-0.2, 0) is 4.74 Å². The molecule has 1 amide bonds. The molecular formula is C16H22N2O4. The van der Waals surface area contributed by atoms with E-state index in [0.29, 0.717) is 24.6 Å². The van der Waals surface area contributed by atoms with Gasteiger partial charge in [0.05, 0.1) is 17.7 Å². The molecule has 6 nitrogen and oxygen atoms in total. The Morgan fingerprint density at radius 2 is 2.09 bits per heavy atom. The van der Waals surface area contributed by atoms with E-state index in [9.17, 15) is 9.59 Å². The number of hydrogen-bond donors (Lipinski definition) is 1. The Morgan fingerprint density at radius 3 is 2.68 bits per heavy atom. The molecule has 22 heavy (non-hydrogen) atoms. The van der Waals surface area contributed by atoms with Gasteiger partial charge in [0, 0.05) is 32.1 Å². The molecule has 0 radical (unpaired) electrons. The van der Waals surface area contributed by atoms with Crippen LogP contribution in [-0.4, -0.2) is 53.2 Å². The molecule has 2 rings (SSSR count). The lowest BCUT2D eigenvalue weighted by atomic mass is 10.1. The lowest BCUT2D eigenvalue weighted by Crippen LogP contribution is -2.41. The van der Waals surface area contributed by atoms with Gasteiger partial charge in [0.25, 0.3) is 5.91 Å². The van der Waals surface area contributed by atoms with Gasteiger partial charge in [-0.05, 0) is 31.2 Å². The van der Waals surface area contributed by atoms with Gasteiger partial charge in [-0.1, -0.05) is 6.92 Å². The highest BCUT2D eigenvalue weighted by atomic mass is 16.5. The lowest BCUT2D eigenvalue weighted by Gasteiger charge is -2.29. The van der Waals surface area contributed by atoms with Crippen LogP contribution in [0.2, 0.25) is 0 Å². The zero-order chi connectivity index (χ0) is 16.1. The van der Waals surface area contributed by atoms with Gasteiger partial charge in [-0.3, -0.25) is 9.78 Å². The number of carbonyl (C=O) groups is 2. The van der Waals surface area contributed by atoms with Crippen LogP contribution in [0.15, 0.2) is 18.5 Å². The highest BCUT2D eigenvalue weighted by Gasteiger charge is 2.30. The summed E-state index contributed by atoms with van der Waals surface area (Å²) >= 11 is 0. The zero-order valence-corrected chi connectivity index (χ0v) is 13.0. The molecule has 1 aromatic rings. The van der Waals surface area contributed by atoms with Crippen LogP contribution in [0.5, 0.6) is 0 Å². The molecule has 1 N–H and O–H groups in total. The number of pyridine rings is 1. The number of carbonyl (C=O) groups excluding carboxylic acids is 1. The Morgan fingerprint density at radius 1 is 1.36 bits per heavy atom. The van der Waals surface area contributed by atoms with Crippen LogP contribution in [0, 0.1) is 5.92 Å². The number of carboxylic acids is 1. The quantitative estimate of drug-likeness (QED) is 0.870. The summed E-state index contributed by atoms with van der Waals surface area (Å²) in [6.45, 7) is 3.15. The third kappa shape index (κ3) is 3.82. The molecule has 1 aromatic heterocycles. The zero-order valence-electron chi connectivity index (χ0n) is 13.0. The number of methoxy groups -OCH3 is 1. The van der Waals surface area contributed by atoms with Crippen molar-refractivity contribution in [1.82, 2.24) is 9.88 Å². The molecule has 0 aliphatic heterocycles. The number of hydrogen-bond acceptors (Lipinski definition) is 4. The van der Waals surface area contributed by atoms with E-state index in [1.165, 1.54) is 18.5 Å². The van der Waals surface area contributed by atoms with E-state index in [1.54, 1.807) is 12.0 Å². The summed E-state index contributed by atoms with van der Waals surface area (Å²) in [4.78, 5) is 29.5. The average Bonchev–Trinajstić information content (AvgIpc) is 2.94. The van der Waals surface area contributed by atoms with E-state index >= 15 is 0 Å². The number of carboxylic acid groups (broad SMARTS) is 1. The second kappa shape index (κ2) is 7.35. The van der Waals surface area contributed by atoms with Gasteiger partial charge in [-0.2, -0.15) is 0 Å². The van der Waals surface area contributed by atoms with Crippen molar-refractivity contribution in [3.05, 3.63) is 29.6 Å². The maximum absolute atomic E-state index is 12.8. The summed E-state index contributed by atoms with van der Waals surface area (Å²) in [5.41, 5.74) is 0.341. The minimum absolute atomic E-state index is 0.0253. The average molecular weight is 306 g/mol. The smallest absolute Gasteiger partial charge is 0.337 e. The number of rotatable bonds is 6. The second-order valence-corrected chi connectivity index (χ2v) is 5.83. The van der Waals surface area contributed by atoms with Gasteiger partial charge in [0.1, 0.15) is 0 Å². The van der Waals surface area contributed by atoms with Crippen LogP contribution in [0.4, 0.5) is 0 Å². The van der Waals surface area contributed by atoms with Gasteiger partial charge in [0.2, 0.25) is 0 Å². The SMILES string of the molecule is COCCN(C(=O)c1cncc(C(=O)O)c1)C1CCC(C)C1. The topological polar surface area (TPSA) is 79.7 Å². The monoisotopic (exact) mass is 306 g/mol. The molecule has 0 saturated heterocycles. The molecule has 1 aliphatic carbocycles. The van der Waals surface area contributed by atoms with Crippen molar-refractivity contribution in [3.8, 4) is 0 Å². The third-order valence-electron chi connectivity index (χ3n) is 4.14. The highest BCUT2D eigenvalue weighted by molar-refractivity contribution is 5.97. The van der Waals surface area contributed by atoms with Gasteiger partial charge < -0.3 is 14.7 Å². The normalized spacial score (nSPS) is 20.8. The standard InChI is InChI=1S/C16H22N2O4/c1-11-3-4-14(7-11)18(5-6-22-2)15(19)12-8-13(16(20)21)10-17-9-12/h8-11,14H,3-7H2,1-2H3,(H,20,21). The minimum atomic E-state index is -1.08. The van der Waals surface area contributed by atoms with E-state index in [1.807, 2.05) is 0 Å². The fourth-order valence-corrected chi connectivity index (χ4v) is 2.94. The van der Waals surface area contributed by atoms with Crippen molar-refractivity contribution < 1.29 is 19.4 Å². The molecule has 2 atom stereocenters. The van der Waals surface area contributed by atoms with E-state index < -0.39 is 5.97 Å². The van der Waals surface area contributed by atoms with Gasteiger partial charge in [-0.25, -0.2) is 4.79 Å². The molecule has 0 spiro atoms. The molecule has 6 heteroatoms. The summed E-state index contributed by atoms with van der Waals surface area (Å²) in [5.74, 6) is -0.654. The Labute approximate surface area is 130 Å².